The van der Waals surface area contributed by atoms with Crippen molar-refractivity contribution < 1.29 is 47.4 Å². The minimum absolute atomic E-state index is 0.187. The molecule has 3 aliphatic rings. The second-order valence-electron chi connectivity index (χ2n) is 14.4. The Kier molecular flexibility index (Phi) is 13.2. The Morgan fingerprint density at radius 2 is 0.981 bits per heavy atom. The van der Waals surface area contributed by atoms with Gasteiger partial charge in [-0.2, -0.15) is 0 Å². The van der Waals surface area contributed by atoms with Crippen LogP contribution in [0.25, 0.3) is 0 Å². The van der Waals surface area contributed by atoms with Crippen molar-refractivity contribution >= 4 is 0 Å². The molecule has 3 fully saturated rings. The first-order chi connectivity index (χ1) is 26.4. The van der Waals surface area contributed by atoms with E-state index in [1.165, 1.54) is 0 Å². The summed E-state index contributed by atoms with van der Waals surface area (Å²) in [5.41, 5.74) is 4.06. The molecule has 4 aromatic rings. The Morgan fingerprint density at radius 3 is 1.50 bits per heavy atom. The van der Waals surface area contributed by atoms with Crippen LogP contribution >= 0.6 is 0 Å². The molecule has 288 valence electrons. The first-order valence-corrected chi connectivity index (χ1v) is 18.8. The largest absolute Gasteiger partial charge is 0.374 e. The van der Waals surface area contributed by atoms with Gasteiger partial charge in [0, 0.05) is 7.11 Å². The number of hydrogen-bond donors (Lipinski definition) is 0. The maximum absolute atomic E-state index is 7.12. The van der Waals surface area contributed by atoms with E-state index in [-0.39, 0.29) is 18.8 Å². The highest BCUT2D eigenvalue weighted by Crippen LogP contribution is 2.41. The van der Waals surface area contributed by atoms with E-state index in [9.17, 15) is 0 Å². The molecule has 0 bridgehead atoms. The molecule has 0 radical (unpaired) electrons. The average Bonchev–Trinajstić information content (AvgIpc) is 3.54. The topological polar surface area (TPSA) is 92.3 Å². The van der Waals surface area contributed by atoms with Crippen molar-refractivity contribution in [3.8, 4) is 0 Å². The quantitative estimate of drug-likeness (QED) is 0.120. The summed E-state index contributed by atoms with van der Waals surface area (Å²) in [5.74, 6) is -0.832. The van der Waals surface area contributed by atoms with Gasteiger partial charge < -0.3 is 47.4 Å². The monoisotopic (exact) mass is 740 g/mol. The molecule has 4 aromatic carbocycles. The second-order valence-corrected chi connectivity index (χ2v) is 14.4. The van der Waals surface area contributed by atoms with E-state index in [0.29, 0.717) is 26.4 Å². The highest BCUT2D eigenvalue weighted by atomic mass is 16.8. The first kappa shape index (κ1) is 38.7. The van der Waals surface area contributed by atoms with Crippen molar-refractivity contribution in [3.63, 3.8) is 0 Å². The molecule has 0 unspecified atom stereocenters. The van der Waals surface area contributed by atoms with E-state index in [1.54, 1.807) is 7.11 Å². The fourth-order valence-corrected chi connectivity index (χ4v) is 7.29. The van der Waals surface area contributed by atoms with Crippen LogP contribution in [0.4, 0.5) is 0 Å². The molecule has 0 aliphatic carbocycles. The standard InChI is InChI=1S/C44H52O10/c1-30-36-39(54-44(2,3)53-36)41(49-28-34-23-15-8-16-24-34)43(50-30)52-37-35(29-46-25-31-17-9-5-10-18-31)51-42(45-4)40(48-27-33-21-13-7-14-22-33)38(37)47-26-32-19-11-6-12-20-32/h5-24,30,35-43H,25-29H2,1-4H3/t30-,35+,36-,37+,38-,39+,40+,41+,42-,43-/m0/s1. The van der Waals surface area contributed by atoms with Crippen molar-refractivity contribution in [2.24, 2.45) is 0 Å². The zero-order chi connectivity index (χ0) is 37.3. The minimum atomic E-state index is -0.885. The van der Waals surface area contributed by atoms with Gasteiger partial charge in [-0.3, -0.25) is 0 Å². The molecule has 10 nitrogen and oxygen atoms in total. The number of fused-ring (bicyclic) bond motifs is 1. The van der Waals surface area contributed by atoms with Gasteiger partial charge in [-0.05, 0) is 43.0 Å². The Morgan fingerprint density at radius 1 is 0.519 bits per heavy atom. The molecular weight excluding hydrogens is 688 g/mol. The van der Waals surface area contributed by atoms with Gasteiger partial charge in [0.25, 0.3) is 0 Å². The van der Waals surface area contributed by atoms with Crippen LogP contribution in [0.5, 0.6) is 0 Å². The van der Waals surface area contributed by atoms with Crippen LogP contribution < -0.4 is 0 Å². The molecule has 54 heavy (non-hydrogen) atoms. The zero-order valence-corrected chi connectivity index (χ0v) is 31.4. The normalized spacial score (nSPS) is 30.5. The summed E-state index contributed by atoms with van der Waals surface area (Å²) in [7, 11) is 1.61. The van der Waals surface area contributed by atoms with Crippen LogP contribution in [-0.2, 0) is 73.8 Å². The third-order valence-electron chi connectivity index (χ3n) is 9.93. The molecule has 3 heterocycles. The van der Waals surface area contributed by atoms with Crippen molar-refractivity contribution in [1.82, 2.24) is 0 Å². The highest BCUT2D eigenvalue weighted by Gasteiger charge is 2.57. The Hall–Kier alpha value is -3.52. The smallest absolute Gasteiger partial charge is 0.187 e. The highest BCUT2D eigenvalue weighted by molar-refractivity contribution is 5.16. The summed E-state index contributed by atoms with van der Waals surface area (Å²) >= 11 is 0. The summed E-state index contributed by atoms with van der Waals surface area (Å²) in [4.78, 5) is 0. The van der Waals surface area contributed by atoms with Crippen molar-refractivity contribution in [1.29, 1.82) is 0 Å². The van der Waals surface area contributed by atoms with Crippen LogP contribution in [0.15, 0.2) is 121 Å². The lowest BCUT2D eigenvalue weighted by molar-refractivity contribution is -0.363. The molecule has 3 aliphatic heterocycles. The first-order valence-electron chi connectivity index (χ1n) is 18.8. The Balaban J connectivity index is 1.21. The fraction of sp³-hybridized carbons (Fsp3) is 0.455. The minimum Gasteiger partial charge on any atom is -0.374 e. The van der Waals surface area contributed by atoms with Gasteiger partial charge >= 0.3 is 0 Å². The predicted octanol–water partition coefficient (Wildman–Crippen LogP) is 6.98. The maximum atomic E-state index is 7.12. The van der Waals surface area contributed by atoms with E-state index in [2.05, 4.69) is 0 Å². The molecule has 7 rings (SSSR count). The summed E-state index contributed by atoms with van der Waals surface area (Å²) in [6.07, 6.45) is -6.26. The van der Waals surface area contributed by atoms with Crippen molar-refractivity contribution in [3.05, 3.63) is 144 Å². The SMILES string of the molecule is CO[C@H]1O[C@H](COCc2ccccc2)[C@@H](O[C@@H]2O[C@@H](C)[C@@H]3OC(C)(C)O[C@H]3[C@H]2OCc2ccccc2)[C@H](OCc2ccccc2)[C@H]1OCc1ccccc1. The molecule has 0 amide bonds. The van der Waals surface area contributed by atoms with E-state index >= 15 is 0 Å². The van der Waals surface area contributed by atoms with Crippen LogP contribution in [0, 0.1) is 0 Å². The number of rotatable bonds is 16. The predicted molar refractivity (Wildman–Crippen MR) is 200 cm³/mol. The molecule has 0 spiro atoms. The van der Waals surface area contributed by atoms with E-state index in [4.69, 9.17) is 47.4 Å². The molecule has 0 aromatic heterocycles. The zero-order valence-electron chi connectivity index (χ0n) is 31.4. The van der Waals surface area contributed by atoms with Gasteiger partial charge in [-0.25, -0.2) is 0 Å². The van der Waals surface area contributed by atoms with Crippen LogP contribution in [-0.4, -0.2) is 80.9 Å². The van der Waals surface area contributed by atoms with Gasteiger partial charge in [-0.1, -0.05) is 121 Å². The maximum Gasteiger partial charge on any atom is 0.187 e. The molecule has 3 saturated heterocycles. The van der Waals surface area contributed by atoms with Crippen LogP contribution in [0.3, 0.4) is 0 Å². The van der Waals surface area contributed by atoms with Crippen LogP contribution in [0.2, 0.25) is 0 Å². The lowest BCUT2D eigenvalue weighted by atomic mass is 9.96. The number of hydrogen-bond acceptors (Lipinski definition) is 10. The van der Waals surface area contributed by atoms with E-state index in [1.807, 2.05) is 142 Å². The third-order valence-corrected chi connectivity index (χ3v) is 9.93. The van der Waals surface area contributed by atoms with E-state index in [0.717, 1.165) is 22.3 Å². The molecule has 0 N–H and O–H groups in total. The summed E-state index contributed by atoms with van der Waals surface area (Å²) in [6.45, 7) is 7.30. The van der Waals surface area contributed by atoms with Crippen molar-refractivity contribution in [2.45, 2.75) is 114 Å². The summed E-state index contributed by atoms with van der Waals surface area (Å²) < 4.78 is 65.8. The summed E-state index contributed by atoms with van der Waals surface area (Å²) in [5, 5.41) is 0. The number of ether oxygens (including phenoxy) is 10. The van der Waals surface area contributed by atoms with Gasteiger partial charge in [0.15, 0.2) is 18.4 Å². The van der Waals surface area contributed by atoms with Gasteiger partial charge in [-0.15, -0.1) is 0 Å². The summed E-state index contributed by atoms with van der Waals surface area (Å²) in [6, 6.07) is 40.1. The van der Waals surface area contributed by atoms with Gasteiger partial charge in [0.1, 0.15) is 42.7 Å². The van der Waals surface area contributed by atoms with Gasteiger partial charge in [0.2, 0.25) is 0 Å². The van der Waals surface area contributed by atoms with E-state index < -0.39 is 55.0 Å². The molecule has 10 atom stereocenters. The molecule has 10 heteroatoms. The molecule has 0 saturated carbocycles. The van der Waals surface area contributed by atoms with Gasteiger partial charge in [0.05, 0.1) is 39.1 Å². The Bertz CT molecular complexity index is 1680. The average molecular weight is 741 g/mol. The third kappa shape index (κ3) is 9.82. The fourth-order valence-electron chi connectivity index (χ4n) is 7.29. The second kappa shape index (κ2) is 18.4. The number of methoxy groups -OCH3 is 1. The molecular formula is C44H52O10. The lowest BCUT2D eigenvalue weighted by Crippen LogP contribution is -2.65. The Labute approximate surface area is 318 Å². The lowest BCUT2D eigenvalue weighted by Gasteiger charge is -2.48. The van der Waals surface area contributed by atoms with Crippen LogP contribution in [0.1, 0.15) is 43.0 Å². The number of benzene rings is 4. The van der Waals surface area contributed by atoms with Crippen molar-refractivity contribution in [2.75, 3.05) is 13.7 Å².